The van der Waals surface area contributed by atoms with Crippen molar-refractivity contribution >= 4 is 5.91 Å². The number of hydrogen-bond acceptors (Lipinski definition) is 2. The highest BCUT2D eigenvalue weighted by molar-refractivity contribution is 5.90. The zero-order valence-corrected chi connectivity index (χ0v) is 7.02. The van der Waals surface area contributed by atoms with Gasteiger partial charge >= 0.3 is 0 Å². The zero-order valence-electron chi connectivity index (χ0n) is 7.02. The van der Waals surface area contributed by atoms with Crippen LogP contribution in [0.25, 0.3) is 0 Å². The second kappa shape index (κ2) is 5.77. The van der Waals surface area contributed by atoms with Crippen LogP contribution < -0.4 is 11.1 Å². The first-order valence-electron chi connectivity index (χ1n) is 3.91. The molecule has 0 aromatic carbocycles. The third-order valence-corrected chi connectivity index (χ3v) is 1.42. The van der Waals surface area contributed by atoms with Crippen molar-refractivity contribution in [2.24, 2.45) is 5.73 Å². The van der Waals surface area contributed by atoms with Crippen molar-refractivity contribution in [3.63, 3.8) is 0 Å². The van der Waals surface area contributed by atoms with Gasteiger partial charge in [-0.15, -0.1) is 0 Å². The summed E-state index contributed by atoms with van der Waals surface area (Å²) in [7, 11) is 0. The van der Waals surface area contributed by atoms with Crippen LogP contribution in [0.4, 0.5) is 0 Å². The molecule has 0 saturated carbocycles. The van der Waals surface area contributed by atoms with Crippen molar-refractivity contribution in [2.75, 3.05) is 6.54 Å². The molecule has 3 nitrogen and oxygen atoms in total. The maximum Gasteiger partial charge on any atom is 0.264 e. The first-order valence-corrected chi connectivity index (χ1v) is 3.91. The van der Waals surface area contributed by atoms with Crippen molar-refractivity contribution in [3.8, 4) is 0 Å². The molecule has 64 valence electrons. The van der Waals surface area contributed by atoms with Gasteiger partial charge in [0.1, 0.15) is 0 Å². The number of hydrogen-bond donors (Lipinski definition) is 2. The molecule has 3 N–H and O–H groups in total. The van der Waals surface area contributed by atoms with Crippen molar-refractivity contribution in [1.29, 1.82) is 0 Å². The normalized spacial score (nSPS) is 9.18. The molecule has 0 saturated heterocycles. The Morgan fingerprint density at radius 2 is 2.18 bits per heavy atom. The Morgan fingerprint density at radius 3 is 2.64 bits per heavy atom. The van der Waals surface area contributed by atoms with E-state index in [4.69, 9.17) is 5.73 Å². The summed E-state index contributed by atoms with van der Waals surface area (Å²) in [6.45, 7) is 6.38. The fraction of sp³-hybridized carbons (Fsp3) is 0.625. The third kappa shape index (κ3) is 5.45. The zero-order chi connectivity index (χ0) is 8.69. The van der Waals surface area contributed by atoms with Crippen LogP contribution in [-0.4, -0.2) is 12.5 Å². The van der Waals surface area contributed by atoms with Gasteiger partial charge in [0.25, 0.3) is 5.91 Å². The van der Waals surface area contributed by atoms with E-state index in [9.17, 15) is 4.79 Å². The van der Waals surface area contributed by atoms with Gasteiger partial charge in [0.15, 0.2) is 0 Å². The van der Waals surface area contributed by atoms with Gasteiger partial charge in [-0.3, -0.25) is 4.79 Å². The van der Waals surface area contributed by atoms with Crippen molar-refractivity contribution in [1.82, 2.24) is 5.32 Å². The van der Waals surface area contributed by atoms with Gasteiger partial charge in [0, 0.05) is 6.54 Å². The van der Waals surface area contributed by atoms with Gasteiger partial charge in [0.05, 0.1) is 5.70 Å². The van der Waals surface area contributed by atoms with Crippen LogP contribution in [0.3, 0.4) is 0 Å². The molecule has 0 atom stereocenters. The molecule has 0 aliphatic carbocycles. The van der Waals surface area contributed by atoms with Crippen LogP contribution >= 0.6 is 0 Å². The largest absolute Gasteiger partial charge is 0.381 e. The van der Waals surface area contributed by atoms with Gasteiger partial charge in [-0.25, -0.2) is 0 Å². The summed E-state index contributed by atoms with van der Waals surface area (Å²) >= 11 is 0. The van der Waals surface area contributed by atoms with E-state index in [0.29, 0.717) is 5.70 Å². The van der Waals surface area contributed by atoms with E-state index < -0.39 is 5.91 Å². The van der Waals surface area contributed by atoms with Gasteiger partial charge in [-0.2, -0.15) is 0 Å². The summed E-state index contributed by atoms with van der Waals surface area (Å²) in [5.41, 5.74) is 5.26. The second-order valence-corrected chi connectivity index (χ2v) is 2.48. The highest BCUT2D eigenvalue weighted by atomic mass is 16.1. The molecule has 0 radical (unpaired) electrons. The standard InChI is InChI=1S/C8H16N2O/c1-3-4-5-6-10-7(2)8(9)11/h10H,2-6H2,1H3,(H2,9,11). The summed E-state index contributed by atoms with van der Waals surface area (Å²) in [6, 6.07) is 0. The molecular weight excluding hydrogens is 140 g/mol. The number of nitrogens with two attached hydrogens (primary N) is 1. The van der Waals surface area contributed by atoms with Crippen LogP contribution in [0, 0.1) is 0 Å². The minimum atomic E-state index is -0.471. The lowest BCUT2D eigenvalue weighted by molar-refractivity contribution is -0.114. The summed E-state index contributed by atoms with van der Waals surface area (Å²) in [5, 5.41) is 2.85. The molecule has 0 aliphatic heterocycles. The number of unbranched alkanes of at least 4 members (excludes halogenated alkanes) is 2. The number of carbonyl (C=O) groups excluding carboxylic acids is 1. The van der Waals surface area contributed by atoms with E-state index in [-0.39, 0.29) is 0 Å². The van der Waals surface area contributed by atoms with Crippen LogP contribution in [-0.2, 0) is 4.79 Å². The maximum absolute atomic E-state index is 10.4. The van der Waals surface area contributed by atoms with E-state index >= 15 is 0 Å². The molecule has 0 fully saturated rings. The molecule has 0 spiro atoms. The summed E-state index contributed by atoms with van der Waals surface area (Å²) in [6.07, 6.45) is 3.40. The van der Waals surface area contributed by atoms with Crippen LogP contribution in [0.5, 0.6) is 0 Å². The first-order chi connectivity index (χ1) is 5.18. The number of carbonyl (C=O) groups is 1. The lowest BCUT2D eigenvalue weighted by atomic mass is 10.2. The average molecular weight is 156 g/mol. The van der Waals surface area contributed by atoms with Gasteiger partial charge in [0.2, 0.25) is 0 Å². The molecule has 11 heavy (non-hydrogen) atoms. The van der Waals surface area contributed by atoms with Gasteiger partial charge in [-0.1, -0.05) is 26.3 Å². The molecule has 0 aromatic heterocycles. The Labute approximate surface area is 67.7 Å². The molecule has 0 aliphatic rings. The highest BCUT2D eigenvalue weighted by Crippen LogP contribution is 1.92. The Hall–Kier alpha value is -0.990. The first kappa shape index (κ1) is 10.0. The lowest BCUT2D eigenvalue weighted by Crippen LogP contribution is -2.25. The average Bonchev–Trinajstić information content (AvgIpc) is 1.97. The van der Waals surface area contributed by atoms with Crippen LogP contribution in [0.2, 0.25) is 0 Å². The third-order valence-electron chi connectivity index (χ3n) is 1.42. The SMILES string of the molecule is C=C(NCCCCC)C(N)=O. The Kier molecular flexibility index (Phi) is 5.25. The topological polar surface area (TPSA) is 55.1 Å². The molecule has 0 aromatic rings. The smallest absolute Gasteiger partial charge is 0.264 e. The van der Waals surface area contributed by atoms with Crippen molar-refractivity contribution < 1.29 is 4.79 Å². The molecule has 0 rings (SSSR count). The predicted molar refractivity (Wildman–Crippen MR) is 45.9 cm³/mol. The van der Waals surface area contributed by atoms with E-state index in [0.717, 1.165) is 13.0 Å². The number of nitrogens with one attached hydrogen (secondary N) is 1. The van der Waals surface area contributed by atoms with E-state index in [1.807, 2.05) is 0 Å². The Balaban J connectivity index is 3.25. The Bertz CT molecular complexity index is 143. The quantitative estimate of drug-likeness (QED) is 0.441. The molecule has 0 unspecified atom stereocenters. The minimum Gasteiger partial charge on any atom is -0.381 e. The Morgan fingerprint density at radius 1 is 1.55 bits per heavy atom. The van der Waals surface area contributed by atoms with Gasteiger partial charge in [-0.05, 0) is 6.42 Å². The summed E-state index contributed by atoms with van der Waals surface area (Å²) < 4.78 is 0. The molecule has 3 heteroatoms. The number of primary amides is 1. The van der Waals surface area contributed by atoms with Gasteiger partial charge < -0.3 is 11.1 Å². The fourth-order valence-electron chi connectivity index (χ4n) is 0.701. The molecular formula is C8H16N2O. The molecule has 1 amide bonds. The van der Waals surface area contributed by atoms with Crippen LogP contribution in [0.1, 0.15) is 26.2 Å². The molecule has 0 heterocycles. The second-order valence-electron chi connectivity index (χ2n) is 2.48. The fourth-order valence-corrected chi connectivity index (χ4v) is 0.701. The van der Waals surface area contributed by atoms with E-state index in [1.165, 1.54) is 12.8 Å². The van der Waals surface area contributed by atoms with Crippen molar-refractivity contribution in [3.05, 3.63) is 12.3 Å². The number of rotatable bonds is 6. The van der Waals surface area contributed by atoms with E-state index in [1.54, 1.807) is 0 Å². The summed E-state index contributed by atoms with van der Waals surface area (Å²) in [5.74, 6) is -0.471. The summed E-state index contributed by atoms with van der Waals surface area (Å²) in [4.78, 5) is 10.4. The predicted octanol–water partition coefficient (Wildman–Crippen LogP) is 0.765. The molecule has 0 bridgehead atoms. The van der Waals surface area contributed by atoms with E-state index in [2.05, 4.69) is 18.8 Å². The minimum absolute atomic E-state index is 0.307. The number of amides is 1. The maximum atomic E-state index is 10.4. The van der Waals surface area contributed by atoms with Crippen molar-refractivity contribution in [2.45, 2.75) is 26.2 Å². The highest BCUT2D eigenvalue weighted by Gasteiger charge is 1.97. The monoisotopic (exact) mass is 156 g/mol. The lowest BCUT2D eigenvalue weighted by Gasteiger charge is -2.04. The van der Waals surface area contributed by atoms with Crippen LogP contribution in [0.15, 0.2) is 12.3 Å².